The number of anilines is 2. The van der Waals surface area contributed by atoms with Gasteiger partial charge in [-0.2, -0.15) is 9.37 Å². The minimum atomic E-state index is -0.530. The second kappa shape index (κ2) is 12.2. The average Bonchev–Trinajstić information content (AvgIpc) is 3.01. The lowest BCUT2D eigenvalue weighted by Gasteiger charge is -2.31. The van der Waals surface area contributed by atoms with Crippen LogP contribution in [-0.2, 0) is 6.54 Å². The molecule has 3 aromatic heterocycles. The van der Waals surface area contributed by atoms with Crippen LogP contribution in [0.5, 0.6) is 0 Å². The Balaban J connectivity index is 1.27. The molecule has 0 radical (unpaired) electrons. The molecule has 0 aliphatic carbocycles. The third-order valence-corrected chi connectivity index (χ3v) is 8.75. The summed E-state index contributed by atoms with van der Waals surface area (Å²) in [5.74, 6) is 0.490. The number of benzene rings is 2. The maximum atomic E-state index is 13.7. The number of piperidine rings is 1. The number of aryl methyl sites for hydroxylation is 2. The molecule has 6 rings (SSSR count). The van der Waals surface area contributed by atoms with Crippen molar-refractivity contribution in [3.63, 3.8) is 0 Å². The number of pyridine rings is 2. The van der Waals surface area contributed by atoms with Crippen molar-refractivity contribution in [2.24, 2.45) is 0 Å². The predicted molar refractivity (Wildman–Crippen MR) is 172 cm³/mol. The van der Waals surface area contributed by atoms with Gasteiger partial charge < -0.3 is 10.2 Å². The van der Waals surface area contributed by atoms with Crippen molar-refractivity contribution in [2.75, 3.05) is 25.0 Å². The maximum absolute atomic E-state index is 13.7. The maximum Gasteiger partial charge on any atom is 0.260 e. The van der Waals surface area contributed by atoms with E-state index in [4.69, 9.17) is 16.6 Å². The summed E-state index contributed by atoms with van der Waals surface area (Å²) in [6, 6.07) is 18.8. The molecule has 2 aromatic carbocycles. The summed E-state index contributed by atoms with van der Waals surface area (Å²) < 4.78 is 15.2. The quantitative estimate of drug-likeness (QED) is 0.195. The van der Waals surface area contributed by atoms with Gasteiger partial charge in [-0.05, 0) is 99.8 Å². The second-order valence-electron chi connectivity index (χ2n) is 11.0. The molecule has 220 valence electrons. The van der Waals surface area contributed by atoms with Crippen molar-refractivity contribution in [1.29, 1.82) is 0 Å². The van der Waals surface area contributed by atoms with E-state index in [2.05, 4.69) is 51.4 Å². The van der Waals surface area contributed by atoms with Crippen LogP contribution in [0.1, 0.15) is 43.9 Å². The highest BCUT2D eigenvalue weighted by Crippen LogP contribution is 2.33. The second-order valence-corrected chi connectivity index (χ2v) is 11.4. The Morgan fingerprint density at radius 1 is 0.930 bits per heavy atom. The van der Waals surface area contributed by atoms with Gasteiger partial charge in [-0.15, -0.1) is 0 Å². The Morgan fingerprint density at radius 3 is 2.35 bits per heavy atom. The van der Waals surface area contributed by atoms with Crippen LogP contribution < -0.4 is 10.9 Å². The van der Waals surface area contributed by atoms with Crippen molar-refractivity contribution >= 4 is 34.3 Å². The van der Waals surface area contributed by atoms with E-state index in [1.807, 2.05) is 19.1 Å². The van der Waals surface area contributed by atoms with Crippen molar-refractivity contribution in [3.8, 4) is 22.3 Å². The fraction of sp³-hybridized carbons (Fsp3) is 0.294. The highest BCUT2D eigenvalue weighted by Gasteiger charge is 2.20. The molecular weight excluding hydrogens is 563 g/mol. The first-order chi connectivity index (χ1) is 20.8. The number of rotatable bonds is 7. The molecule has 1 saturated heterocycles. The standard InChI is InChI=1S/C34H34ClFN6O/c1-4-41-16-14-23(15-17-41)22-6-9-26(10-7-22)39-34-37-20-25-18-29(33(43)42(5-2)32(25)40-34)28-11-8-24(19-30(28)35)27-12-13-31(36)38-21(27)3/h6-13,18-20,23H,4-5,14-17H2,1-3H3,(H,37,39,40). The van der Waals surface area contributed by atoms with E-state index in [9.17, 15) is 9.18 Å². The van der Waals surface area contributed by atoms with Gasteiger partial charge >= 0.3 is 0 Å². The Bertz CT molecular complexity index is 1850. The zero-order valence-electron chi connectivity index (χ0n) is 24.6. The van der Waals surface area contributed by atoms with Crippen molar-refractivity contribution in [1.82, 2.24) is 24.4 Å². The number of likely N-dealkylation sites (tertiary alicyclic amines) is 1. The molecule has 7 nitrogen and oxygen atoms in total. The molecule has 4 heterocycles. The molecular formula is C34H34ClFN6O. The molecule has 0 bridgehead atoms. The number of aromatic nitrogens is 4. The smallest absolute Gasteiger partial charge is 0.260 e. The topological polar surface area (TPSA) is 75.9 Å². The highest BCUT2D eigenvalue weighted by molar-refractivity contribution is 6.33. The van der Waals surface area contributed by atoms with Gasteiger partial charge in [0.25, 0.3) is 5.56 Å². The number of fused-ring (bicyclic) bond motifs is 1. The van der Waals surface area contributed by atoms with E-state index in [1.165, 1.54) is 24.5 Å². The number of hydrogen-bond donors (Lipinski definition) is 1. The summed E-state index contributed by atoms with van der Waals surface area (Å²) >= 11 is 6.72. The summed E-state index contributed by atoms with van der Waals surface area (Å²) in [5.41, 5.74) is 5.83. The molecule has 1 aliphatic heterocycles. The van der Waals surface area contributed by atoms with Crippen molar-refractivity contribution in [2.45, 2.75) is 46.1 Å². The van der Waals surface area contributed by atoms with Gasteiger partial charge in [-0.1, -0.05) is 42.8 Å². The normalized spacial score (nSPS) is 14.3. The number of halogens is 2. The van der Waals surface area contributed by atoms with E-state index in [0.29, 0.717) is 45.9 Å². The van der Waals surface area contributed by atoms with E-state index in [0.717, 1.165) is 41.8 Å². The van der Waals surface area contributed by atoms with Crippen LogP contribution in [0.4, 0.5) is 16.0 Å². The first-order valence-electron chi connectivity index (χ1n) is 14.8. The molecule has 9 heteroatoms. The molecule has 0 atom stereocenters. The molecule has 1 fully saturated rings. The molecule has 0 spiro atoms. The minimum Gasteiger partial charge on any atom is -0.324 e. The fourth-order valence-electron chi connectivity index (χ4n) is 5.99. The third-order valence-electron chi connectivity index (χ3n) is 8.44. The molecule has 0 unspecified atom stereocenters. The molecule has 1 N–H and O–H groups in total. The Hall–Kier alpha value is -4.14. The van der Waals surface area contributed by atoms with Gasteiger partial charge in [-0.3, -0.25) is 9.36 Å². The number of nitrogens with one attached hydrogen (secondary N) is 1. The van der Waals surface area contributed by atoms with Gasteiger partial charge in [-0.25, -0.2) is 9.97 Å². The first kappa shape index (κ1) is 29.0. The zero-order chi connectivity index (χ0) is 30.1. The lowest BCUT2D eigenvalue weighted by Crippen LogP contribution is -2.32. The number of nitrogens with zero attached hydrogens (tertiary/aromatic N) is 5. The van der Waals surface area contributed by atoms with E-state index < -0.39 is 5.95 Å². The Kier molecular flexibility index (Phi) is 8.23. The van der Waals surface area contributed by atoms with Crippen LogP contribution in [-0.4, -0.2) is 44.1 Å². The highest BCUT2D eigenvalue weighted by atomic mass is 35.5. The van der Waals surface area contributed by atoms with Crippen LogP contribution in [0, 0.1) is 12.9 Å². The predicted octanol–water partition coefficient (Wildman–Crippen LogP) is 7.58. The van der Waals surface area contributed by atoms with E-state index in [1.54, 1.807) is 35.9 Å². The number of hydrogen-bond acceptors (Lipinski definition) is 6. The van der Waals surface area contributed by atoms with Gasteiger partial charge in [0, 0.05) is 51.2 Å². The Morgan fingerprint density at radius 2 is 1.67 bits per heavy atom. The molecule has 0 amide bonds. The average molecular weight is 597 g/mol. The largest absolute Gasteiger partial charge is 0.324 e. The summed E-state index contributed by atoms with van der Waals surface area (Å²) in [5, 5.41) is 4.45. The van der Waals surface area contributed by atoms with Crippen molar-refractivity contribution < 1.29 is 4.39 Å². The Labute approximate surface area is 255 Å². The summed E-state index contributed by atoms with van der Waals surface area (Å²) in [6.45, 7) is 9.74. The van der Waals surface area contributed by atoms with Crippen LogP contribution in [0.2, 0.25) is 5.02 Å². The zero-order valence-corrected chi connectivity index (χ0v) is 25.3. The van der Waals surface area contributed by atoms with Gasteiger partial charge in [0.1, 0.15) is 5.65 Å². The lowest BCUT2D eigenvalue weighted by atomic mass is 9.89. The van der Waals surface area contributed by atoms with Crippen LogP contribution in [0.3, 0.4) is 0 Å². The molecule has 43 heavy (non-hydrogen) atoms. The van der Waals surface area contributed by atoms with Crippen LogP contribution >= 0.6 is 11.6 Å². The SMILES string of the molecule is CCN1CCC(c2ccc(Nc3ncc4cc(-c5ccc(-c6ccc(F)nc6C)cc5Cl)c(=O)n(CC)c4n3)cc2)CC1. The van der Waals surface area contributed by atoms with Crippen LogP contribution in [0.25, 0.3) is 33.3 Å². The van der Waals surface area contributed by atoms with Crippen LogP contribution in [0.15, 0.2) is 71.7 Å². The molecule has 1 aliphatic rings. The molecule has 5 aromatic rings. The summed E-state index contributed by atoms with van der Waals surface area (Å²) in [4.78, 5) is 29.4. The van der Waals surface area contributed by atoms with Crippen molar-refractivity contribution in [3.05, 3.63) is 99.4 Å². The van der Waals surface area contributed by atoms with Gasteiger partial charge in [0.15, 0.2) is 0 Å². The van der Waals surface area contributed by atoms with Gasteiger partial charge in [0.05, 0.1) is 0 Å². The minimum absolute atomic E-state index is 0.188. The van der Waals surface area contributed by atoms with E-state index >= 15 is 0 Å². The summed E-state index contributed by atoms with van der Waals surface area (Å²) in [6.07, 6.45) is 4.10. The van der Waals surface area contributed by atoms with Gasteiger partial charge in [0.2, 0.25) is 11.9 Å². The molecule has 0 saturated carbocycles. The first-order valence-corrected chi connectivity index (χ1v) is 15.2. The third kappa shape index (κ3) is 5.90. The van der Waals surface area contributed by atoms with E-state index in [-0.39, 0.29) is 5.56 Å². The lowest BCUT2D eigenvalue weighted by molar-refractivity contribution is 0.222. The summed E-state index contributed by atoms with van der Waals surface area (Å²) in [7, 11) is 0. The fourth-order valence-corrected chi connectivity index (χ4v) is 6.27. The monoisotopic (exact) mass is 596 g/mol.